The quantitative estimate of drug-likeness (QED) is 0.599. The van der Waals surface area contributed by atoms with Crippen LogP contribution in [-0.4, -0.2) is 16.9 Å². The molecule has 0 N–H and O–H groups in total. The second-order valence-electron chi connectivity index (χ2n) is 4.83. The van der Waals surface area contributed by atoms with Gasteiger partial charge in [-0.2, -0.15) is 4.98 Å². The number of fused-ring (bicyclic) bond motifs is 1. The van der Waals surface area contributed by atoms with E-state index in [1.807, 2.05) is 42.5 Å². The van der Waals surface area contributed by atoms with E-state index < -0.39 is 0 Å². The highest BCUT2D eigenvalue weighted by molar-refractivity contribution is 14.1. The molecular weight excluding hydrogens is 411 g/mol. The molecule has 0 amide bonds. The molecule has 116 valence electrons. The molecule has 0 aliphatic carbocycles. The number of rotatable bonds is 4. The second-order valence-corrected chi connectivity index (χ2v) is 6.07. The molecule has 0 spiro atoms. The molecule has 1 aromatic heterocycles. The molecule has 0 saturated heterocycles. The van der Waals surface area contributed by atoms with Crippen LogP contribution in [0.1, 0.15) is 5.89 Å². The van der Waals surface area contributed by atoms with Gasteiger partial charge in [-0.25, -0.2) is 0 Å². The number of ether oxygens (including phenoxy) is 3. The van der Waals surface area contributed by atoms with E-state index in [0.717, 1.165) is 20.6 Å². The van der Waals surface area contributed by atoms with Crippen molar-refractivity contribution in [3.63, 3.8) is 0 Å². The van der Waals surface area contributed by atoms with Gasteiger partial charge in [0.05, 0.1) is 0 Å². The molecule has 1 aliphatic heterocycles. The zero-order chi connectivity index (χ0) is 15.6. The number of benzene rings is 2. The van der Waals surface area contributed by atoms with E-state index in [1.54, 1.807) is 0 Å². The number of hydrogen-bond donors (Lipinski definition) is 0. The maximum absolute atomic E-state index is 5.65. The molecule has 2 aromatic carbocycles. The van der Waals surface area contributed by atoms with Crippen LogP contribution in [0, 0.1) is 3.57 Å². The van der Waals surface area contributed by atoms with Gasteiger partial charge in [0.1, 0.15) is 5.75 Å². The van der Waals surface area contributed by atoms with Gasteiger partial charge in [0, 0.05) is 9.13 Å². The van der Waals surface area contributed by atoms with Crippen LogP contribution < -0.4 is 14.2 Å². The van der Waals surface area contributed by atoms with Gasteiger partial charge in [-0.3, -0.25) is 0 Å². The Morgan fingerprint density at radius 3 is 2.91 bits per heavy atom. The lowest BCUT2D eigenvalue weighted by molar-refractivity contribution is 0.174. The zero-order valence-corrected chi connectivity index (χ0v) is 14.0. The van der Waals surface area contributed by atoms with Crippen LogP contribution >= 0.6 is 22.6 Å². The Kier molecular flexibility index (Phi) is 3.78. The molecule has 23 heavy (non-hydrogen) atoms. The highest BCUT2D eigenvalue weighted by Gasteiger charge is 2.16. The fraction of sp³-hybridized carbons (Fsp3) is 0.125. The fourth-order valence-electron chi connectivity index (χ4n) is 2.17. The highest BCUT2D eigenvalue weighted by atomic mass is 127. The van der Waals surface area contributed by atoms with E-state index in [0.29, 0.717) is 17.5 Å². The Morgan fingerprint density at radius 2 is 2.00 bits per heavy atom. The van der Waals surface area contributed by atoms with Gasteiger partial charge in [-0.15, -0.1) is 0 Å². The summed E-state index contributed by atoms with van der Waals surface area (Å²) in [7, 11) is 0. The number of halogens is 1. The van der Waals surface area contributed by atoms with Gasteiger partial charge in [-0.1, -0.05) is 11.2 Å². The Bertz CT molecular complexity index is 850. The maximum atomic E-state index is 5.65. The SMILES string of the molecule is Ic1cccc(OCc2nc(-c3ccc4c(c3)OCO4)no2)c1. The Morgan fingerprint density at radius 1 is 1.09 bits per heavy atom. The van der Waals surface area contributed by atoms with Crippen LogP contribution in [0.4, 0.5) is 0 Å². The van der Waals surface area contributed by atoms with E-state index in [1.165, 1.54) is 0 Å². The molecule has 0 radical (unpaired) electrons. The maximum Gasteiger partial charge on any atom is 0.264 e. The minimum Gasteiger partial charge on any atom is -0.484 e. The summed E-state index contributed by atoms with van der Waals surface area (Å²) in [5, 5.41) is 3.98. The first-order valence-corrected chi connectivity index (χ1v) is 7.97. The summed E-state index contributed by atoms with van der Waals surface area (Å²) in [6, 6.07) is 13.3. The largest absolute Gasteiger partial charge is 0.484 e. The number of hydrogen-bond acceptors (Lipinski definition) is 6. The van der Waals surface area contributed by atoms with Gasteiger partial charge in [0.25, 0.3) is 5.89 Å². The lowest BCUT2D eigenvalue weighted by atomic mass is 10.2. The first-order valence-electron chi connectivity index (χ1n) is 6.89. The topological polar surface area (TPSA) is 66.6 Å². The summed E-state index contributed by atoms with van der Waals surface area (Å²) in [4.78, 5) is 4.34. The van der Waals surface area contributed by atoms with Crippen LogP contribution in [0.3, 0.4) is 0 Å². The highest BCUT2D eigenvalue weighted by Crippen LogP contribution is 2.35. The number of nitrogens with zero attached hydrogens (tertiary/aromatic N) is 2. The second kappa shape index (κ2) is 6.07. The van der Waals surface area contributed by atoms with E-state index in [9.17, 15) is 0 Å². The third-order valence-corrected chi connectivity index (χ3v) is 3.93. The minimum absolute atomic E-state index is 0.220. The van der Waals surface area contributed by atoms with E-state index >= 15 is 0 Å². The van der Waals surface area contributed by atoms with Crippen molar-refractivity contribution in [2.45, 2.75) is 6.61 Å². The van der Waals surface area contributed by atoms with Crippen LogP contribution in [0.25, 0.3) is 11.4 Å². The average Bonchev–Trinajstić information content (AvgIpc) is 3.21. The Hall–Kier alpha value is -2.29. The van der Waals surface area contributed by atoms with Crippen LogP contribution in [0.2, 0.25) is 0 Å². The lowest BCUT2D eigenvalue weighted by Crippen LogP contribution is -1.95. The summed E-state index contributed by atoms with van der Waals surface area (Å²) < 4.78 is 22.6. The number of aromatic nitrogens is 2. The van der Waals surface area contributed by atoms with Crippen molar-refractivity contribution in [3.8, 4) is 28.6 Å². The molecule has 0 saturated carbocycles. The van der Waals surface area contributed by atoms with Gasteiger partial charge in [-0.05, 0) is 59.0 Å². The molecular formula is C16H11IN2O4. The molecule has 2 heterocycles. The summed E-state index contributed by atoms with van der Waals surface area (Å²) in [5.74, 6) is 3.07. The van der Waals surface area contributed by atoms with Crippen molar-refractivity contribution < 1.29 is 18.7 Å². The van der Waals surface area contributed by atoms with Gasteiger partial charge in [0.2, 0.25) is 12.6 Å². The predicted octanol–water partition coefficient (Wildman–Crippen LogP) is 3.65. The fourth-order valence-corrected chi connectivity index (χ4v) is 2.68. The van der Waals surface area contributed by atoms with Gasteiger partial charge < -0.3 is 18.7 Å². The molecule has 6 nitrogen and oxygen atoms in total. The van der Waals surface area contributed by atoms with Crippen LogP contribution in [0.15, 0.2) is 47.0 Å². The zero-order valence-electron chi connectivity index (χ0n) is 11.9. The Labute approximate surface area is 145 Å². The standard InChI is InChI=1S/C16H11IN2O4/c17-11-2-1-3-12(7-11)20-8-15-18-16(19-23-15)10-4-5-13-14(6-10)22-9-21-13/h1-7H,8-9H2. The van der Waals surface area contributed by atoms with E-state index in [2.05, 4.69) is 32.7 Å². The van der Waals surface area contributed by atoms with Crippen molar-refractivity contribution in [2.75, 3.05) is 6.79 Å². The van der Waals surface area contributed by atoms with Gasteiger partial charge in [0.15, 0.2) is 18.1 Å². The molecule has 0 unspecified atom stereocenters. The van der Waals surface area contributed by atoms with Crippen LogP contribution in [-0.2, 0) is 6.61 Å². The van der Waals surface area contributed by atoms with Crippen molar-refractivity contribution in [1.82, 2.24) is 10.1 Å². The Balaban J connectivity index is 1.48. The molecule has 1 aliphatic rings. The smallest absolute Gasteiger partial charge is 0.264 e. The molecule has 0 bridgehead atoms. The summed E-state index contributed by atoms with van der Waals surface area (Å²) >= 11 is 2.23. The minimum atomic E-state index is 0.220. The van der Waals surface area contributed by atoms with Crippen molar-refractivity contribution in [3.05, 3.63) is 51.9 Å². The first kappa shape index (κ1) is 14.3. The third-order valence-electron chi connectivity index (χ3n) is 3.26. The van der Waals surface area contributed by atoms with Crippen molar-refractivity contribution in [2.24, 2.45) is 0 Å². The van der Waals surface area contributed by atoms with Gasteiger partial charge >= 0.3 is 0 Å². The summed E-state index contributed by atoms with van der Waals surface area (Å²) in [6.07, 6.45) is 0. The summed E-state index contributed by atoms with van der Waals surface area (Å²) in [5.41, 5.74) is 0.804. The third kappa shape index (κ3) is 3.09. The summed E-state index contributed by atoms with van der Waals surface area (Å²) in [6.45, 7) is 0.456. The first-order chi connectivity index (χ1) is 11.3. The van der Waals surface area contributed by atoms with E-state index in [4.69, 9.17) is 18.7 Å². The molecule has 7 heteroatoms. The van der Waals surface area contributed by atoms with E-state index in [-0.39, 0.29) is 13.4 Å². The lowest BCUT2D eigenvalue weighted by Gasteiger charge is -2.02. The molecule has 3 aromatic rings. The van der Waals surface area contributed by atoms with Crippen molar-refractivity contribution in [1.29, 1.82) is 0 Å². The normalized spacial score (nSPS) is 12.4. The predicted molar refractivity (Wildman–Crippen MR) is 89.3 cm³/mol. The van der Waals surface area contributed by atoms with Crippen molar-refractivity contribution >= 4 is 22.6 Å². The monoisotopic (exact) mass is 422 g/mol. The average molecular weight is 422 g/mol. The molecule has 4 rings (SSSR count). The molecule has 0 fully saturated rings. The molecule has 0 atom stereocenters. The van der Waals surface area contributed by atoms with Crippen LogP contribution in [0.5, 0.6) is 17.2 Å².